The van der Waals surface area contributed by atoms with Crippen LogP contribution in [0.5, 0.6) is 5.75 Å². The van der Waals surface area contributed by atoms with E-state index in [2.05, 4.69) is 4.98 Å². The van der Waals surface area contributed by atoms with Gasteiger partial charge in [-0.1, -0.05) is 12.1 Å². The van der Waals surface area contributed by atoms with E-state index < -0.39 is 5.60 Å². The summed E-state index contributed by atoms with van der Waals surface area (Å²) >= 11 is 0. The van der Waals surface area contributed by atoms with Gasteiger partial charge in [0.1, 0.15) is 18.0 Å². The summed E-state index contributed by atoms with van der Waals surface area (Å²) in [5.41, 5.74) is 0.627. The number of hydrogen-bond donors (Lipinski definition) is 0. The number of oxazole rings is 1. The molecule has 0 spiro atoms. The maximum absolute atomic E-state index is 12.5. The first-order valence-corrected chi connectivity index (χ1v) is 8.04. The van der Waals surface area contributed by atoms with E-state index in [1.165, 1.54) is 12.6 Å². The standard InChI is InChI=1S/C18H22N2O4/c1-14-5-3-6-15(9-14)23-12-18(22-2)7-4-8-20(11-18)17(21)16-10-19-13-24-16/h3,5-6,9-10,13H,4,7-8,11-12H2,1-2H3/t18-/m1/s1. The van der Waals surface area contributed by atoms with Crippen LogP contribution in [0.2, 0.25) is 0 Å². The van der Waals surface area contributed by atoms with E-state index >= 15 is 0 Å². The molecule has 0 N–H and O–H groups in total. The van der Waals surface area contributed by atoms with Gasteiger partial charge in [-0.05, 0) is 37.5 Å². The Morgan fingerprint density at radius 3 is 3.04 bits per heavy atom. The molecular weight excluding hydrogens is 308 g/mol. The normalized spacial score (nSPS) is 20.8. The summed E-state index contributed by atoms with van der Waals surface area (Å²) in [6.07, 6.45) is 4.40. The van der Waals surface area contributed by atoms with E-state index in [9.17, 15) is 4.79 Å². The minimum atomic E-state index is -0.516. The van der Waals surface area contributed by atoms with Gasteiger partial charge in [0, 0.05) is 13.7 Å². The number of aromatic nitrogens is 1. The average Bonchev–Trinajstić information content (AvgIpc) is 3.14. The highest BCUT2D eigenvalue weighted by atomic mass is 16.5. The van der Waals surface area contributed by atoms with Crippen molar-refractivity contribution in [3.8, 4) is 5.75 Å². The minimum absolute atomic E-state index is 0.163. The summed E-state index contributed by atoms with van der Waals surface area (Å²) in [6.45, 7) is 3.56. The van der Waals surface area contributed by atoms with Crippen LogP contribution < -0.4 is 4.74 Å². The van der Waals surface area contributed by atoms with Gasteiger partial charge in [0.05, 0.1) is 12.7 Å². The fraction of sp³-hybridized carbons (Fsp3) is 0.444. The first-order valence-electron chi connectivity index (χ1n) is 8.04. The van der Waals surface area contributed by atoms with Crippen LogP contribution in [0, 0.1) is 6.92 Å². The van der Waals surface area contributed by atoms with Crippen molar-refractivity contribution in [2.45, 2.75) is 25.4 Å². The molecule has 1 saturated heterocycles. The number of piperidine rings is 1. The summed E-state index contributed by atoms with van der Waals surface area (Å²) in [5, 5.41) is 0. The molecule has 0 radical (unpaired) electrons. The highest BCUT2D eigenvalue weighted by Crippen LogP contribution is 2.27. The van der Waals surface area contributed by atoms with Crippen LogP contribution >= 0.6 is 0 Å². The first kappa shape index (κ1) is 16.5. The number of benzene rings is 1. The Hall–Kier alpha value is -2.34. The zero-order chi connectivity index (χ0) is 17.0. The van der Waals surface area contributed by atoms with E-state index in [-0.39, 0.29) is 11.7 Å². The Labute approximate surface area is 141 Å². The number of hydrogen-bond acceptors (Lipinski definition) is 5. The molecule has 0 unspecified atom stereocenters. The number of carbonyl (C=O) groups excluding carboxylic acids is 1. The van der Waals surface area contributed by atoms with E-state index in [4.69, 9.17) is 13.9 Å². The molecule has 24 heavy (non-hydrogen) atoms. The molecule has 6 heteroatoms. The molecule has 1 aromatic carbocycles. The fourth-order valence-corrected chi connectivity index (χ4v) is 3.01. The van der Waals surface area contributed by atoms with Gasteiger partial charge in [0.15, 0.2) is 6.39 Å². The molecule has 1 fully saturated rings. The second-order valence-electron chi connectivity index (χ2n) is 6.19. The molecule has 1 amide bonds. The van der Waals surface area contributed by atoms with Gasteiger partial charge in [-0.25, -0.2) is 4.98 Å². The van der Waals surface area contributed by atoms with Gasteiger partial charge >= 0.3 is 0 Å². The van der Waals surface area contributed by atoms with Gasteiger partial charge in [-0.2, -0.15) is 0 Å². The maximum atomic E-state index is 12.5. The second-order valence-corrected chi connectivity index (χ2v) is 6.19. The summed E-state index contributed by atoms with van der Waals surface area (Å²) in [4.78, 5) is 18.0. The van der Waals surface area contributed by atoms with E-state index in [0.29, 0.717) is 19.7 Å². The first-order chi connectivity index (χ1) is 11.6. The lowest BCUT2D eigenvalue weighted by atomic mass is 9.93. The molecule has 128 valence electrons. The molecule has 2 aromatic rings. The topological polar surface area (TPSA) is 64.8 Å². The second kappa shape index (κ2) is 7.05. The van der Waals surface area contributed by atoms with Gasteiger partial charge in [-0.15, -0.1) is 0 Å². The van der Waals surface area contributed by atoms with Crippen molar-refractivity contribution in [3.63, 3.8) is 0 Å². The number of nitrogens with zero attached hydrogens (tertiary/aromatic N) is 2. The van der Waals surface area contributed by atoms with Crippen LogP contribution in [0.1, 0.15) is 29.0 Å². The zero-order valence-electron chi connectivity index (χ0n) is 14.0. The number of carbonyl (C=O) groups is 1. The number of methoxy groups -OCH3 is 1. The summed E-state index contributed by atoms with van der Waals surface area (Å²) in [7, 11) is 1.67. The Morgan fingerprint density at radius 2 is 2.33 bits per heavy atom. The largest absolute Gasteiger partial charge is 0.491 e. The number of aryl methyl sites for hydroxylation is 1. The summed E-state index contributed by atoms with van der Waals surface area (Å²) < 4.78 is 16.8. The van der Waals surface area contributed by atoms with Crippen molar-refractivity contribution < 1.29 is 18.7 Å². The van der Waals surface area contributed by atoms with Crippen LogP contribution in [0.25, 0.3) is 0 Å². The van der Waals surface area contributed by atoms with Crippen LogP contribution in [0.15, 0.2) is 41.3 Å². The molecule has 1 atom stereocenters. The smallest absolute Gasteiger partial charge is 0.291 e. The maximum Gasteiger partial charge on any atom is 0.291 e. The van der Waals surface area contributed by atoms with Crippen LogP contribution in [-0.2, 0) is 4.74 Å². The summed E-state index contributed by atoms with van der Waals surface area (Å²) in [5.74, 6) is 0.899. The minimum Gasteiger partial charge on any atom is -0.491 e. The zero-order valence-corrected chi connectivity index (χ0v) is 14.0. The molecule has 6 nitrogen and oxygen atoms in total. The third kappa shape index (κ3) is 3.59. The SMILES string of the molecule is CO[C@]1(COc2cccc(C)c2)CCCN(C(=O)c2cnco2)C1. The van der Waals surface area contributed by atoms with E-state index in [1.54, 1.807) is 12.0 Å². The van der Waals surface area contributed by atoms with Gasteiger partial charge in [-0.3, -0.25) is 4.79 Å². The quantitative estimate of drug-likeness (QED) is 0.843. The Kier molecular flexibility index (Phi) is 4.85. The predicted molar refractivity (Wildman–Crippen MR) is 88.1 cm³/mol. The molecule has 3 rings (SSSR count). The van der Waals surface area contributed by atoms with Crippen molar-refractivity contribution >= 4 is 5.91 Å². The molecule has 1 aliphatic rings. The molecule has 1 aliphatic heterocycles. The molecule has 0 aliphatic carbocycles. The Morgan fingerprint density at radius 1 is 1.46 bits per heavy atom. The fourth-order valence-electron chi connectivity index (χ4n) is 3.01. The lowest BCUT2D eigenvalue weighted by Gasteiger charge is -2.41. The van der Waals surface area contributed by atoms with Crippen molar-refractivity contribution in [2.24, 2.45) is 0 Å². The summed E-state index contributed by atoms with van der Waals surface area (Å²) in [6, 6.07) is 7.91. The Bertz CT molecular complexity index is 686. The monoisotopic (exact) mass is 330 g/mol. The average molecular weight is 330 g/mol. The van der Waals surface area contributed by atoms with Gasteiger partial charge in [0.2, 0.25) is 5.76 Å². The van der Waals surface area contributed by atoms with Crippen LogP contribution in [0.3, 0.4) is 0 Å². The van der Waals surface area contributed by atoms with Crippen molar-refractivity contribution in [1.29, 1.82) is 0 Å². The highest BCUT2D eigenvalue weighted by molar-refractivity contribution is 5.91. The Balaban J connectivity index is 1.68. The van der Waals surface area contributed by atoms with Gasteiger partial charge < -0.3 is 18.8 Å². The van der Waals surface area contributed by atoms with E-state index in [0.717, 1.165) is 24.2 Å². The van der Waals surface area contributed by atoms with Crippen molar-refractivity contribution in [1.82, 2.24) is 9.88 Å². The number of ether oxygens (including phenoxy) is 2. The molecule has 0 bridgehead atoms. The third-order valence-electron chi connectivity index (χ3n) is 4.39. The molecule has 1 aromatic heterocycles. The number of amides is 1. The molecule has 0 saturated carbocycles. The predicted octanol–water partition coefficient (Wildman–Crippen LogP) is 2.68. The van der Waals surface area contributed by atoms with Gasteiger partial charge in [0.25, 0.3) is 5.91 Å². The molecule has 2 heterocycles. The number of likely N-dealkylation sites (tertiary alicyclic amines) is 1. The van der Waals surface area contributed by atoms with Crippen molar-refractivity contribution in [2.75, 3.05) is 26.8 Å². The lowest BCUT2D eigenvalue weighted by Crippen LogP contribution is -2.54. The number of rotatable bonds is 5. The third-order valence-corrected chi connectivity index (χ3v) is 4.39. The lowest BCUT2D eigenvalue weighted by molar-refractivity contribution is -0.0828. The van der Waals surface area contributed by atoms with E-state index in [1.807, 2.05) is 31.2 Å². The van der Waals surface area contributed by atoms with Crippen LogP contribution in [0.4, 0.5) is 0 Å². The van der Waals surface area contributed by atoms with Crippen molar-refractivity contribution in [3.05, 3.63) is 48.2 Å². The van der Waals surface area contributed by atoms with Crippen LogP contribution in [-0.4, -0.2) is 48.2 Å². The highest BCUT2D eigenvalue weighted by Gasteiger charge is 2.39. The molecular formula is C18H22N2O4.